The summed E-state index contributed by atoms with van der Waals surface area (Å²) < 4.78 is 21.5. The summed E-state index contributed by atoms with van der Waals surface area (Å²) in [5, 5.41) is 0. The molecule has 1 fully saturated rings. The summed E-state index contributed by atoms with van der Waals surface area (Å²) in [4.78, 5) is 85.4. The van der Waals surface area contributed by atoms with Crippen LogP contribution in [0.3, 0.4) is 0 Å². The normalized spacial score (nSPS) is 26.2. The van der Waals surface area contributed by atoms with Crippen molar-refractivity contribution < 1.29 is 47.7 Å². The summed E-state index contributed by atoms with van der Waals surface area (Å²) in [6, 6.07) is 3.36. The van der Waals surface area contributed by atoms with Crippen LogP contribution in [0.2, 0.25) is 0 Å². The minimum Gasteiger partial charge on any atom is -0.497 e. The number of nitrogens with zero attached hydrogens (tertiary/aromatic N) is 2. The molecule has 2 bridgehead atoms. The average molecular weight is 643 g/mol. The van der Waals surface area contributed by atoms with Crippen LogP contribution in [0.25, 0.3) is 6.08 Å². The van der Waals surface area contributed by atoms with Crippen LogP contribution in [0.15, 0.2) is 75.3 Å². The van der Waals surface area contributed by atoms with Gasteiger partial charge in [0.15, 0.2) is 23.1 Å². The Bertz CT molecular complexity index is 1810. The fraction of sp³-hybridized carbons (Fsp3) is 0.371. The lowest BCUT2D eigenvalue weighted by atomic mass is 9.69. The van der Waals surface area contributed by atoms with E-state index in [1.54, 1.807) is 49.4 Å². The van der Waals surface area contributed by atoms with Gasteiger partial charge in [-0.3, -0.25) is 28.9 Å². The van der Waals surface area contributed by atoms with Gasteiger partial charge < -0.3 is 23.8 Å². The van der Waals surface area contributed by atoms with Gasteiger partial charge in [-0.15, -0.1) is 0 Å². The van der Waals surface area contributed by atoms with Crippen molar-refractivity contribution in [2.45, 2.75) is 50.9 Å². The van der Waals surface area contributed by atoms with Crippen LogP contribution < -0.4 is 4.74 Å². The highest BCUT2D eigenvalue weighted by Crippen LogP contribution is 2.47. The van der Waals surface area contributed by atoms with Crippen molar-refractivity contribution in [1.82, 2.24) is 9.80 Å². The first-order valence-electron chi connectivity index (χ1n) is 15.1. The molecule has 0 aromatic heterocycles. The van der Waals surface area contributed by atoms with Gasteiger partial charge in [-0.2, -0.15) is 0 Å². The van der Waals surface area contributed by atoms with E-state index in [-0.39, 0.29) is 63.6 Å². The van der Waals surface area contributed by atoms with E-state index in [9.17, 15) is 28.8 Å². The summed E-state index contributed by atoms with van der Waals surface area (Å²) in [6.45, 7) is 2.57. The van der Waals surface area contributed by atoms with Crippen LogP contribution in [-0.4, -0.2) is 104 Å². The maximum Gasteiger partial charge on any atom is 0.330 e. The predicted octanol–water partition coefficient (Wildman–Crippen LogP) is 2.04. The lowest BCUT2D eigenvalue weighted by Crippen LogP contribution is -2.73. The number of carbonyl (C=O) groups excluding carboxylic acids is 6. The number of methoxy groups -OCH3 is 3. The van der Waals surface area contributed by atoms with Crippen molar-refractivity contribution in [3.8, 4) is 5.75 Å². The Kier molecular flexibility index (Phi) is 8.08. The fourth-order valence-corrected chi connectivity index (χ4v) is 7.47. The number of benzene rings is 1. The number of esters is 1. The maximum atomic E-state index is 14.3. The summed E-state index contributed by atoms with van der Waals surface area (Å²) in [5.41, 5.74) is 1.63. The van der Waals surface area contributed by atoms with Gasteiger partial charge in [0.05, 0.1) is 45.5 Å². The van der Waals surface area contributed by atoms with Crippen LogP contribution >= 0.6 is 0 Å². The van der Waals surface area contributed by atoms with E-state index >= 15 is 0 Å². The Hall–Kier alpha value is -5.10. The van der Waals surface area contributed by atoms with Gasteiger partial charge in [-0.25, -0.2) is 4.79 Å². The molecule has 2 aliphatic carbocycles. The molecule has 0 saturated carbocycles. The van der Waals surface area contributed by atoms with Gasteiger partial charge in [0.25, 0.3) is 0 Å². The molecule has 0 spiro atoms. The Morgan fingerprint density at radius 1 is 0.809 bits per heavy atom. The molecule has 47 heavy (non-hydrogen) atoms. The monoisotopic (exact) mass is 642 g/mol. The van der Waals surface area contributed by atoms with Gasteiger partial charge in [0.2, 0.25) is 17.5 Å². The average Bonchev–Trinajstić information content (AvgIpc) is 3.06. The third kappa shape index (κ3) is 4.86. The first kappa shape index (κ1) is 31.9. The molecule has 12 heteroatoms. The summed E-state index contributed by atoms with van der Waals surface area (Å²) in [6.07, 6.45) is 2.68. The molecule has 3 heterocycles. The number of rotatable bonds is 7. The Labute approximate surface area is 270 Å². The molecule has 0 radical (unpaired) electrons. The minimum atomic E-state index is -1.15. The van der Waals surface area contributed by atoms with Crippen LogP contribution in [0, 0.1) is 0 Å². The van der Waals surface area contributed by atoms with Gasteiger partial charge in [0.1, 0.15) is 12.4 Å². The van der Waals surface area contributed by atoms with Gasteiger partial charge >= 0.3 is 5.97 Å². The third-order valence-corrected chi connectivity index (χ3v) is 9.75. The Morgan fingerprint density at radius 3 is 1.96 bits per heavy atom. The van der Waals surface area contributed by atoms with E-state index in [1.807, 2.05) is 0 Å². The largest absolute Gasteiger partial charge is 0.497 e. The zero-order valence-electron chi connectivity index (χ0n) is 26.9. The van der Waals surface area contributed by atoms with Crippen LogP contribution in [0.1, 0.15) is 32.3 Å². The summed E-state index contributed by atoms with van der Waals surface area (Å²) in [7, 11) is 5.86. The smallest absolute Gasteiger partial charge is 0.330 e. The number of allylic oxidation sites excluding steroid dienone is 4. The van der Waals surface area contributed by atoms with Crippen molar-refractivity contribution in [3.63, 3.8) is 0 Å². The lowest BCUT2D eigenvalue weighted by molar-refractivity contribution is -0.158. The highest BCUT2D eigenvalue weighted by molar-refractivity contribution is 6.27. The molecule has 12 nitrogen and oxygen atoms in total. The lowest BCUT2D eigenvalue weighted by Gasteiger charge is -2.57. The molecular formula is C35H34N2O10. The van der Waals surface area contributed by atoms with E-state index in [2.05, 4.69) is 0 Å². The van der Waals surface area contributed by atoms with Crippen molar-refractivity contribution in [2.75, 3.05) is 35.0 Å². The van der Waals surface area contributed by atoms with Gasteiger partial charge in [-0.05, 0) is 51.1 Å². The van der Waals surface area contributed by atoms with Gasteiger partial charge in [-0.1, -0.05) is 12.1 Å². The second kappa shape index (κ2) is 11.9. The molecule has 1 aromatic rings. The van der Waals surface area contributed by atoms with E-state index < -0.39 is 60.0 Å². The molecular weight excluding hydrogens is 608 g/mol. The number of hydrogen-bond donors (Lipinski definition) is 0. The summed E-state index contributed by atoms with van der Waals surface area (Å²) >= 11 is 0. The van der Waals surface area contributed by atoms with E-state index in [0.29, 0.717) is 11.3 Å². The van der Waals surface area contributed by atoms with Crippen molar-refractivity contribution in [2.24, 2.45) is 0 Å². The number of hydrogen-bond acceptors (Lipinski definition) is 11. The van der Waals surface area contributed by atoms with Crippen LogP contribution in [-0.2, 0) is 43.0 Å². The number of ketones is 4. The molecule has 4 atom stereocenters. The molecule has 1 saturated heterocycles. The van der Waals surface area contributed by atoms with Crippen LogP contribution in [0.5, 0.6) is 5.75 Å². The van der Waals surface area contributed by atoms with Crippen molar-refractivity contribution >= 4 is 41.1 Å². The quantitative estimate of drug-likeness (QED) is 0.245. The second-order valence-electron chi connectivity index (χ2n) is 12.0. The highest BCUT2D eigenvalue weighted by atomic mass is 16.5. The first-order valence-corrected chi connectivity index (χ1v) is 15.1. The van der Waals surface area contributed by atoms with Gasteiger partial charge in [0, 0.05) is 45.9 Å². The maximum absolute atomic E-state index is 14.3. The van der Waals surface area contributed by atoms with Crippen molar-refractivity contribution in [3.05, 3.63) is 80.9 Å². The molecule has 0 N–H and O–H groups in total. The molecule has 244 valence electrons. The van der Waals surface area contributed by atoms with E-state index in [0.717, 1.165) is 0 Å². The zero-order valence-corrected chi connectivity index (χ0v) is 26.9. The number of piperazine rings is 1. The zero-order chi connectivity index (χ0) is 33.9. The second-order valence-corrected chi connectivity index (χ2v) is 12.0. The van der Waals surface area contributed by atoms with Crippen molar-refractivity contribution in [1.29, 1.82) is 0 Å². The number of fused-ring (bicyclic) bond motifs is 5. The van der Waals surface area contributed by atoms with Crippen LogP contribution in [0.4, 0.5) is 0 Å². The fourth-order valence-electron chi connectivity index (χ4n) is 7.47. The molecule has 6 rings (SSSR count). The SMILES string of the molecule is COC1=C(C)C(=O)C2=C(C1=O)[C@@H]1[C@@H]3CC4=C(C(=O)C(OC)=C(C)C4=O)[C@H](COC(=O)/C=C/c4ccc(OC)cc4)N3C(=O)[C@H](C2)N1C. The van der Waals surface area contributed by atoms with E-state index in [1.165, 1.54) is 39.0 Å². The molecule has 1 aromatic carbocycles. The first-order chi connectivity index (χ1) is 22.4. The molecule has 5 aliphatic rings. The number of likely N-dealkylation sites (N-methyl/N-ethyl adjacent to an activating group) is 1. The molecule has 0 unspecified atom stereocenters. The number of amides is 1. The molecule has 3 aliphatic heterocycles. The number of carbonyl (C=O) groups is 6. The third-order valence-electron chi connectivity index (χ3n) is 9.75. The minimum absolute atomic E-state index is 0.0187. The Balaban J connectivity index is 1.40. The standard InChI is InChI=1S/C35H34N2O10/c1-16-29(39)20-13-22-28-27-21(30(40)17(2)34(46-6)32(27)42)14-23(36(28)3)35(43)37(22)24(26(20)31(41)33(16)45-5)15-47-25(38)12-9-18-7-10-19(44-4)11-8-18/h7-12,22-24,28H,13-15H2,1-6H3/b12-9+/t22-,23-,24-,28-/m0/s1. The van der Waals surface area contributed by atoms with E-state index in [4.69, 9.17) is 18.9 Å². The summed E-state index contributed by atoms with van der Waals surface area (Å²) in [5.74, 6) is -2.54. The topological polar surface area (TPSA) is 146 Å². The molecule has 1 amide bonds. The Morgan fingerprint density at radius 2 is 1.38 bits per heavy atom. The number of ether oxygens (including phenoxy) is 4. The highest BCUT2D eigenvalue weighted by Gasteiger charge is 2.59. The predicted molar refractivity (Wildman–Crippen MR) is 165 cm³/mol. The number of Topliss-reactive ketones (excluding diaryl/α,β-unsaturated/α-hetero) is 4.